The summed E-state index contributed by atoms with van der Waals surface area (Å²) in [5.41, 5.74) is 1.00. The van der Waals surface area contributed by atoms with E-state index in [4.69, 9.17) is 25.8 Å². The number of halogens is 1. The minimum atomic E-state index is -0.302. The second-order valence-corrected chi connectivity index (χ2v) is 5.02. The topological polar surface area (TPSA) is 56.8 Å². The lowest BCUT2D eigenvalue weighted by molar-refractivity contribution is 0.102. The molecular formula is C17H18ClNO4. The molecule has 1 N–H and O–H groups in total. The quantitative estimate of drug-likeness (QED) is 0.866. The number of benzene rings is 2. The second-order valence-electron chi connectivity index (χ2n) is 4.61. The molecule has 0 saturated heterocycles. The molecule has 122 valence electrons. The molecule has 0 aliphatic rings. The number of ether oxygens (including phenoxy) is 3. The van der Waals surface area contributed by atoms with Crippen molar-refractivity contribution in [1.82, 2.24) is 0 Å². The summed E-state index contributed by atoms with van der Waals surface area (Å²) < 4.78 is 15.8. The van der Waals surface area contributed by atoms with Gasteiger partial charge < -0.3 is 19.5 Å². The van der Waals surface area contributed by atoms with Gasteiger partial charge >= 0.3 is 0 Å². The first-order valence-corrected chi connectivity index (χ1v) is 7.42. The van der Waals surface area contributed by atoms with Crippen molar-refractivity contribution in [2.75, 3.05) is 26.1 Å². The van der Waals surface area contributed by atoms with Gasteiger partial charge in [0.25, 0.3) is 5.91 Å². The van der Waals surface area contributed by atoms with Crippen molar-refractivity contribution in [2.24, 2.45) is 0 Å². The lowest BCUT2D eigenvalue weighted by Crippen LogP contribution is -2.12. The van der Waals surface area contributed by atoms with Crippen LogP contribution in [0.15, 0.2) is 36.4 Å². The molecule has 0 unspecified atom stereocenters. The van der Waals surface area contributed by atoms with E-state index in [9.17, 15) is 4.79 Å². The van der Waals surface area contributed by atoms with E-state index in [-0.39, 0.29) is 5.91 Å². The Labute approximate surface area is 140 Å². The minimum absolute atomic E-state index is 0.302. The Hall–Kier alpha value is -2.40. The van der Waals surface area contributed by atoms with Crippen molar-refractivity contribution in [3.05, 3.63) is 47.0 Å². The summed E-state index contributed by atoms with van der Waals surface area (Å²) in [6.45, 7) is 2.28. The van der Waals surface area contributed by atoms with Gasteiger partial charge in [0.2, 0.25) is 0 Å². The number of anilines is 1. The maximum absolute atomic E-state index is 12.4. The van der Waals surface area contributed by atoms with Crippen LogP contribution >= 0.6 is 11.6 Å². The summed E-state index contributed by atoms with van der Waals surface area (Å²) in [6, 6.07) is 10.2. The Morgan fingerprint density at radius 3 is 2.61 bits per heavy atom. The van der Waals surface area contributed by atoms with Crippen molar-refractivity contribution < 1.29 is 19.0 Å². The molecule has 0 fully saturated rings. The van der Waals surface area contributed by atoms with Crippen molar-refractivity contribution in [2.45, 2.75) is 6.92 Å². The molecule has 5 nitrogen and oxygen atoms in total. The summed E-state index contributed by atoms with van der Waals surface area (Å²) in [5.74, 6) is 1.19. The molecule has 2 aromatic carbocycles. The summed E-state index contributed by atoms with van der Waals surface area (Å²) in [4.78, 5) is 12.4. The van der Waals surface area contributed by atoms with E-state index in [0.717, 1.165) is 0 Å². The fourth-order valence-corrected chi connectivity index (χ4v) is 2.35. The molecular weight excluding hydrogens is 318 g/mol. The van der Waals surface area contributed by atoms with Crippen LogP contribution in [0.25, 0.3) is 0 Å². The van der Waals surface area contributed by atoms with E-state index in [2.05, 4.69) is 5.32 Å². The highest BCUT2D eigenvalue weighted by atomic mass is 35.5. The molecule has 6 heteroatoms. The Morgan fingerprint density at radius 1 is 1.17 bits per heavy atom. The fourth-order valence-electron chi connectivity index (χ4n) is 2.06. The largest absolute Gasteiger partial charge is 0.497 e. The summed E-state index contributed by atoms with van der Waals surface area (Å²) in [6.07, 6.45) is 0. The predicted octanol–water partition coefficient (Wildman–Crippen LogP) is 4.01. The van der Waals surface area contributed by atoms with Crippen LogP contribution in [0.2, 0.25) is 5.02 Å². The van der Waals surface area contributed by atoms with E-state index >= 15 is 0 Å². The average molecular weight is 336 g/mol. The van der Waals surface area contributed by atoms with Crippen LogP contribution in [0.1, 0.15) is 17.3 Å². The molecule has 0 heterocycles. The first-order chi connectivity index (χ1) is 11.1. The molecule has 0 spiro atoms. The van der Waals surface area contributed by atoms with Gasteiger partial charge in [-0.25, -0.2) is 0 Å². The average Bonchev–Trinajstić information content (AvgIpc) is 2.55. The standard InChI is InChI=1S/C17H18ClNO4/c1-4-23-15-9-11(8-14(18)16(15)22-3)17(20)19-12-6-5-7-13(10-12)21-2/h5-10H,4H2,1-3H3,(H,19,20). The third kappa shape index (κ3) is 4.07. The maximum atomic E-state index is 12.4. The lowest BCUT2D eigenvalue weighted by atomic mass is 10.1. The zero-order valence-electron chi connectivity index (χ0n) is 13.2. The molecule has 0 aliphatic heterocycles. The van der Waals surface area contributed by atoms with E-state index in [1.54, 1.807) is 43.5 Å². The van der Waals surface area contributed by atoms with Gasteiger partial charge in [-0.3, -0.25) is 4.79 Å². The Morgan fingerprint density at radius 2 is 1.96 bits per heavy atom. The number of methoxy groups -OCH3 is 2. The molecule has 2 rings (SSSR count). The zero-order valence-corrected chi connectivity index (χ0v) is 13.9. The molecule has 1 amide bonds. The van der Waals surface area contributed by atoms with Crippen LogP contribution in [0.3, 0.4) is 0 Å². The third-order valence-electron chi connectivity index (χ3n) is 3.10. The van der Waals surface area contributed by atoms with Gasteiger partial charge in [0, 0.05) is 17.3 Å². The zero-order chi connectivity index (χ0) is 16.8. The molecule has 0 aromatic heterocycles. The fraction of sp³-hybridized carbons (Fsp3) is 0.235. The molecule has 0 atom stereocenters. The molecule has 0 radical (unpaired) electrons. The number of nitrogens with one attached hydrogen (secondary N) is 1. The van der Waals surface area contributed by atoms with Gasteiger partial charge in [-0.1, -0.05) is 17.7 Å². The van der Waals surface area contributed by atoms with Gasteiger partial charge in [-0.15, -0.1) is 0 Å². The summed E-state index contributed by atoms with van der Waals surface area (Å²) in [5, 5.41) is 3.11. The highest BCUT2D eigenvalue weighted by Crippen LogP contribution is 2.36. The highest BCUT2D eigenvalue weighted by Gasteiger charge is 2.16. The van der Waals surface area contributed by atoms with Crippen molar-refractivity contribution >= 4 is 23.2 Å². The molecule has 0 saturated carbocycles. The second kappa shape index (κ2) is 7.74. The monoisotopic (exact) mass is 335 g/mol. The smallest absolute Gasteiger partial charge is 0.255 e. The SMILES string of the molecule is CCOc1cc(C(=O)Nc2cccc(OC)c2)cc(Cl)c1OC. The van der Waals surface area contributed by atoms with Gasteiger partial charge in [-0.2, -0.15) is 0 Å². The maximum Gasteiger partial charge on any atom is 0.255 e. The van der Waals surface area contributed by atoms with Crippen molar-refractivity contribution in [1.29, 1.82) is 0 Å². The van der Waals surface area contributed by atoms with Crippen LogP contribution in [0.5, 0.6) is 17.2 Å². The van der Waals surface area contributed by atoms with Gasteiger partial charge in [0.15, 0.2) is 11.5 Å². The summed E-state index contributed by atoms with van der Waals surface area (Å²) in [7, 11) is 3.07. The number of hydrogen-bond acceptors (Lipinski definition) is 4. The number of carbonyl (C=O) groups excluding carboxylic acids is 1. The Kier molecular flexibility index (Phi) is 5.71. The van der Waals surface area contributed by atoms with Crippen LogP contribution in [0, 0.1) is 0 Å². The first kappa shape index (κ1) is 17.0. The molecule has 0 aliphatic carbocycles. The lowest BCUT2D eigenvalue weighted by Gasteiger charge is -2.13. The Bertz CT molecular complexity index is 703. The van der Waals surface area contributed by atoms with E-state index in [0.29, 0.717) is 40.1 Å². The third-order valence-corrected chi connectivity index (χ3v) is 3.38. The van der Waals surface area contributed by atoms with Gasteiger partial charge in [0.05, 0.1) is 25.8 Å². The molecule has 2 aromatic rings. The summed E-state index contributed by atoms with van der Waals surface area (Å²) >= 11 is 6.16. The molecule has 23 heavy (non-hydrogen) atoms. The van der Waals surface area contributed by atoms with Crippen molar-refractivity contribution in [3.8, 4) is 17.2 Å². The van der Waals surface area contributed by atoms with Crippen LogP contribution in [-0.4, -0.2) is 26.7 Å². The minimum Gasteiger partial charge on any atom is -0.497 e. The van der Waals surface area contributed by atoms with Gasteiger partial charge in [-0.05, 0) is 31.2 Å². The highest BCUT2D eigenvalue weighted by molar-refractivity contribution is 6.32. The number of rotatable bonds is 6. The normalized spacial score (nSPS) is 10.1. The predicted molar refractivity (Wildman–Crippen MR) is 90.1 cm³/mol. The van der Waals surface area contributed by atoms with E-state index < -0.39 is 0 Å². The van der Waals surface area contributed by atoms with Crippen LogP contribution in [-0.2, 0) is 0 Å². The Balaban J connectivity index is 2.28. The number of carbonyl (C=O) groups is 1. The van der Waals surface area contributed by atoms with Gasteiger partial charge in [0.1, 0.15) is 5.75 Å². The van der Waals surface area contributed by atoms with E-state index in [1.807, 2.05) is 6.92 Å². The molecule has 0 bridgehead atoms. The van der Waals surface area contributed by atoms with Crippen LogP contribution < -0.4 is 19.5 Å². The number of amides is 1. The van der Waals surface area contributed by atoms with Crippen molar-refractivity contribution in [3.63, 3.8) is 0 Å². The van der Waals surface area contributed by atoms with E-state index in [1.165, 1.54) is 7.11 Å². The first-order valence-electron chi connectivity index (χ1n) is 7.04. The van der Waals surface area contributed by atoms with Crippen LogP contribution in [0.4, 0.5) is 5.69 Å². The number of hydrogen-bond donors (Lipinski definition) is 1.